The summed E-state index contributed by atoms with van der Waals surface area (Å²) in [5.41, 5.74) is 5.02. The predicted octanol–water partition coefficient (Wildman–Crippen LogP) is 7.32. The van der Waals surface area contributed by atoms with Gasteiger partial charge in [0.2, 0.25) is 5.91 Å². The molecular formula is C32H29F3N6O3S. The van der Waals surface area contributed by atoms with E-state index in [0.717, 1.165) is 35.2 Å². The Balaban J connectivity index is 1.12. The van der Waals surface area contributed by atoms with Gasteiger partial charge in [-0.2, -0.15) is 4.99 Å². The first-order valence-corrected chi connectivity index (χ1v) is 15.4. The fourth-order valence-electron chi connectivity index (χ4n) is 5.22. The van der Waals surface area contributed by atoms with Crippen molar-refractivity contribution >= 4 is 34.6 Å². The summed E-state index contributed by atoms with van der Waals surface area (Å²) in [4.78, 5) is 36.1. The number of urea groups is 1. The maximum atomic E-state index is 13.0. The molecule has 232 valence electrons. The van der Waals surface area contributed by atoms with Crippen molar-refractivity contribution in [3.63, 3.8) is 0 Å². The van der Waals surface area contributed by atoms with E-state index in [0.29, 0.717) is 28.2 Å². The highest BCUT2D eigenvalue weighted by molar-refractivity contribution is 8.15. The molecule has 4 aromatic rings. The van der Waals surface area contributed by atoms with Gasteiger partial charge in [0.25, 0.3) is 0 Å². The molecule has 2 aliphatic rings. The van der Waals surface area contributed by atoms with Crippen LogP contribution >= 0.6 is 11.8 Å². The minimum atomic E-state index is -4.76. The third-order valence-electron chi connectivity index (χ3n) is 7.77. The molecule has 3 amide bonds. The summed E-state index contributed by atoms with van der Waals surface area (Å²) < 4.78 is 42.7. The van der Waals surface area contributed by atoms with Gasteiger partial charge in [0.15, 0.2) is 11.0 Å². The van der Waals surface area contributed by atoms with E-state index >= 15 is 0 Å². The molecule has 1 saturated heterocycles. The number of amides is 3. The summed E-state index contributed by atoms with van der Waals surface area (Å²) in [5, 5.41) is 7.69. The van der Waals surface area contributed by atoms with Crippen molar-refractivity contribution in [3.8, 4) is 22.8 Å². The second-order valence-corrected chi connectivity index (χ2v) is 11.9. The molecule has 1 saturated carbocycles. The number of alkyl halides is 3. The van der Waals surface area contributed by atoms with Crippen molar-refractivity contribution in [1.82, 2.24) is 20.1 Å². The van der Waals surface area contributed by atoms with E-state index in [1.807, 2.05) is 44.2 Å². The highest BCUT2D eigenvalue weighted by Gasteiger charge is 2.34. The van der Waals surface area contributed by atoms with Gasteiger partial charge in [-0.3, -0.25) is 9.69 Å². The van der Waals surface area contributed by atoms with Crippen molar-refractivity contribution in [1.29, 1.82) is 0 Å². The number of halogens is 3. The molecule has 2 heterocycles. The van der Waals surface area contributed by atoms with Crippen LogP contribution in [0.5, 0.6) is 5.75 Å². The average molecular weight is 635 g/mol. The number of aryl methyl sites for hydroxylation is 1. The molecule has 0 spiro atoms. The number of aliphatic imine (C=N–C) groups is 1. The smallest absolute Gasteiger partial charge is 0.406 e. The normalized spacial score (nSPS) is 17.0. The minimum Gasteiger partial charge on any atom is -0.406 e. The summed E-state index contributed by atoms with van der Waals surface area (Å²) in [6.45, 7) is 3.82. The molecule has 0 bridgehead atoms. The number of aromatic nitrogens is 3. The highest BCUT2D eigenvalue weighted by Crippen LogP contribution is 2.43. The number of amidine groups is 1. The molecule has 1 unspecified atom stereocenters. The van der Waals surface area contributed by atoms with E-state index in [9.17, 15) is 22.8 Å². The first kappa shape index (κ1) is 30.4. The Bertz CT molecular complexity index is 1750. The van der Waals surface area contributed by atoms with Gasteiger partial charge in [-0.15, -0.1) is 18.3 Å². The number of rotatable bonds is 7. The van der Waals surface area contributed by atoms with Crippen LogP contribution in [0.15, 0.2) is 78.0 Å². The first-order valence-electron chi connectivity index (χ1n) is 14.4. The van der Waals surface area contributed by atoms with Gasteiger partial charge in [-0.25, -0.2) is 14.5 Å². The van der Waals surface area contributed by atoms with Crippen molar-refractivity contribution in [2.24, 2.45) is 4.99 Å². The van der Waals surface area contributed by atoms with Crippen LogP contribution in [-0.2, 0) is 4.79 Å². The van der Waals surface area contributed by atoms with Crippen molar-refractivity contribution in [3.05, 3.63) is 89.7 Å². The minimum absolute atomic E-state index is 0.0927. The van der Waals surface area contributed by atoms with Crippen molar-refractivity contribution in [2.45, 2.75) is 51.4 Å². The molecule has 9 nitrogen and oxygen atoms in total. The number of anilines is 1. The molecule has 6 rings (SSSR count). The molecule has 45 heavy (non-hydrogen) atoms. The van der Waals surface area contributed by atoms with Gasteiger partial charge in [-0.1, -0.05) is 54.6 Å². The molecular weight excluding hydrogens is 605 g/mol. The van der Waals surface area contributed by atoms with Crippen LogP contribution in [0, 0.1) is 6.92 Å². The summed E-state index contributed by atoms with van der Waals surface area (Å²) in [6, 6.07) is 17.8. The lowest BCUT2D eigenvalue weighted by Crippen LogP contribution is -2.33. The summed E-state index contributed by atoms with van der Waals surface area (Å²) in [7, 11) is 0. The van der Waals surface area contributed by atoms with Crippen LogP contribution in [-0.4, -0.2) is 44.0 Å². The zero-order valence-corrected chi connectivity index (χ0v) is 25.2. The number of thioether (sulfide) groups is 1. The second-order valence-electron chi connectivity index (χ2n) is 10.9. The number of ether oxygens (including phenoxy) is 1. The zero-order chi connectivity index (χ0) is 31.7. The molecule has 1 aromatic heterocycles. The highest BCUT2D eigenvalue weighted by atomic mass is 32.2. The van der Waals surface area contributed by atoms with Gasteiger partial charge in [0, 0.05) is 5.56 Å². The van der Waals surface area contributed by atoms with E-state index in [1.165, 1.54) is 53.5 Å². The van der Waals surface area contributed by atoms with Gasteiger partial charge in [0.1, 0.15) is 12.1 Å². The van der Waals surface area contributed by atoms with Crippen LogP contribution in [0.25, 0.3) is 17.1 Å². The third-order valence-corrected chi connectivity index (χ3v) is 8.69. The third kappa shape index (κ3) is 6.88. The maximum Gasteiger partial charge on any atom is 0.573 e. The molecule has 2 fully saturated rings. The number of hydrogen-bond acceptors (Lipinski definition) is 6. The molecule has 13 heteroatoms. The number of nitrogens with zero attached hydrogens (tertiary/aromatic N) is 5. The van der Waals surface area contributed by atoms with E-state index < -0.39 is 12.4 Å². The summed E-state index contributed by atoms with van der Waals surface area (Å²) in [6.07, 6.45) is 0.0462. The van der Waals surface area contributed by atoms with E-state index in [4.69, 9.17) is 0 Å². The molecule has 0 radical (unpaired) electrons. The lowest BCUT2D eigenvalue weighted by Gasteiger charge is -2.30. The fraction of sp³-hybridized carbons (Fsp3) is 0.281. The summed E-state index contributed by atoms with van der Waals surface area (Å²) in [5.74, 6) is 0.634. The maximum absolute atomic E-state index is 13.0. The summed E-state index contributed by atoms with van der Waals surface area (Å²) >= 11 is 1.26. The molecule has 3 aromatic carbocycles. The number of nitrogens with one attached hydrogen (secondary N) is 1. The van der Waals surface area contributed by atoms with E-state index in [1.54, 1.807) is 4.90 Å². The first-order chi connectivity index (χ1) is 21.5. The van der Waals surface area contributed by atoms with Crippen LogP contribution < -0.4 is 15.0 Å². The Morgan fingerprint density at radius 1 is 1.09 bits per heavy atom. The Morgan fingerprint density at radius 2 is 1.82 bits per heavy atom. The lowest BCUT2D eigenvalue weighted by atomic mass is 9.79. The predicted molar refractivity (Wildman–Crippen MR) is 166 cm³/mol. The monoisotopic (exact) mass is 634 g/mol. The molecule has 1 aliphatic carbocycles. The number of hydrogen-bond donors (Lipinski definition) is 1. The van der Waals surface area contributed by atoms with Crippen LogP contribution in [0.1, 0.15) is 54.8 Å². The number of benzene rings is 3. The quantitative estimate of drug-likeness (QED) is 0.229. The lowest BCUT2D eigenvalue weighted by molar-refractivity contribution is -0.274. The van der Waals surface area contributed by atoms with Crippen molar-refractivity contribution in [2.75, 3.05) is 10.7 Å². The van der Waals surface area contributed by atoms with Crippen LogP contribution in [0.2, 0.25) is 0 Å². The average Bonchev–Trinajstić information content (AvgIpc) is 3.60. The Kier molecular flexibility index (Phi) is 8.36. The van der Waals surface area contributed by atoms with E-state index in [2.05, 4.69) is 37.3 Å². The zero-order valence-electron chi connectivity index (χ0n) is 24.4. The van der Waals surface area contributed by atoms with Gasteiger partial charge >= 0.3 is 12.4 Å². The standard InChI is InChI=1S/C32H29F3N6O3S/c1-19-6-15-26(22-4-3-5-22)27(16-19)41-28(42)17-45-31(41)38-30(43)37-20(2)21-7-9-23(10-8-21)29-36-18-40(39-29)24-11-13-25(14-12-24)44-32(33,34)35/h6-16,18,20,22H,3-5,17H2,1-2H3,(H,37,43)/b38-31-. The number of carbonyl (C=O) groups excluding carboxylic acids is 2. The largest absolute Gasteiger partial charge is 0.573 e. The molecule has 1 aliphatic heterocycles. The van der Waals surface area contributed by atoms with Crippen molar-refractivity contribution < 1.29 is 27.5 Å². The SMILES string of the molecule is Cc1ccc(C2CCC2)c(N2C(=O)CS/C2=N\C(=O)NC(C)c2ccc(-c3ncn(-c4ccc(OC(F)(F)F)cc4)n3)cc2)c1. The topological polar surface area (TPSA) is 102 Å². The van der Waals surface area contributed by atoms with Crippen LogP contribution in [0.3, 0.4) is 0 Å². The Labute approximate surface area is 261 Å². The second kappa shape index (κ2) is 12.4. The Hall–Kier alpha value is -4.65. The van der Waals surface area contributed by atoms with Gasteiger partial charge in [-0.05, 0) is 79.6 Å². The van der Waals surface area contributed by atoms with E-state index in [-0.39, 0.29) is 23.5 Å². The van der Waals surface area contributed by atoms with Gasteiger partial charge < -0.3 is 10.1 Å². The van der Waals surface area contributed by atoms with Gasteiger partial charge in [0.05, 0.1) is 23.2 Å². The molecule has 1 N–H and O–H groups in total. The Morgan fingerprint density at radius 3 is 2.49 bits per heavy atom. The molecule has 1 atom stereocenters. The fourth-order valence-corrected chi connectivity index (χ4v) is 6.08. The van der Waals surface area contributed by atoms with Crippen LogP contribution in [0.4, 0.5) is 23.7 Å². The number of carbonyl (C=O) groups is 2.